The molecule has 1 atom stereocenters. The molecule has 0 fully saturated rings. The first-order chi connectivity index (χ1) is 9.54. The third-order valence-electron chi connectivity index (χ3n) is 2.91. The Balaban J connectivity index is 2.26. The molecule has 108 valence electrons. The Labute approximate surface area is 127 Å². The first-order valence-corrected chi connectivity index (χ1v) is 7.72. The Hall–Kier alpha value is -0.920. The number of hydrogen-bond donors (Lipinski definition) is 1. The predicted octanol–water partition coefficient (Wildman–Crippen LogP) is 3.81. The van der Waals surface area contributed by atoms with Crippen LogP contribution in [-0.4, -0.2) is 14.7 Å². The monoisotopic (exact) mass is 362 g/mol. The number of halogens is 3. The highest BCUT2D eigenvalue weighted by Gasteiger charge is 2.21. The average Bonchev–Trinajstić information content (AvgIpc) is 2.88. The van der Waals surface area contributed by atoms with Crippen molar-refractivity contribution < 1.29 is 13.9 Å². The summed E-state index contributed by atoms with van der Waals surface area (Å²) in [6, 6.07) is 2.48. The Kier molecular flexibility index (Phi) is 5.17. The van der Waals surface area contributed by atoms with E-state index >= 15 is 0 Å². The van der Waals surface area contributed by atoms with Crippen LogP contribution in [0.15, 0.2) is 16.6 Å². The number of rotatable bonds is 5. The molecule has 0 aliphatic carbocycles. The second-order valence-corrected chi connectivity index (χ2v) is 6.02. The fraction of sp³-hybridized carbons (Fsp3) is 0.385. The summed E-state index contributed by atoms with van der Waals surface area (Å²) < 4.78 is 31.5. The smallest absolute Gasteiger partial charge is 0.143 e. The summed E-state index contributed by atoms with van der Waals surface area (Å²) in [5.74, 6) is -1.35. The lowest BCUT2D eigenvalue weighted by Crippen LogP contribution is -2.07. The van der Waals surface area contributed by atoms with E-state index in [1.165, 1.54) is 12.1 Å². The zero-order valence-electron chi connectivity index (χ0n) is 10.7. The molecule has 1 aromatic carbocycles. The Morgan fingerprint density at radius 3 is 2.85 bits per heavy atom. The van der Waals surface area contributed by atoms with E-state index in [1.807, 2.05) is 6.92 Å². The minimum atomic E-state index is -1.00. The van der Waals surface area contributed by atoms with Gasteiger partial charge in [0.15, 0.2) is 0 Å². The lowest BCUT2D eigenvalue weighted by molar-refractivity contribution is 0.178. The Bertz CT molecular complexity index is 606. The number of aliphatic hydroxyl groups is 1. The minimum Gasteiger partial charge on any atom is -0.387 e. The van der Waals surface area contributed by atoms with Crippen LogP contribution in [0.5, 0.6) is 0 Å². The van der Waals surface area contributed by atoms with Gasteiger partial charge in [0, 0.05) is 12.0 Å². The maximum Gasteiger partial charge on any atom is 0.143 e. The first kappa shape index (κ1) is 15.5. The molecule has 0 aliphatic heterocycles. The second-order valence-electron chi connectivity index (χ2n) is 4.38. The molecule has 20 heavy (non-hydrogen) atoms. The van der Waals surface area contributed by atoms with Gasteiger partial charge < -0.3 is 5.11 Å². The molecule has 2 aromatic rings. The zero-order valence-corrected chi connectivity index (χ0v) is 13.1. The normalized spacial score (nSPS) is 12.7. The number of aromatic nitrogens is 2. The third-order valence-corrected chi connectivity index (χ3v) is 4.39. The van der Waals surface area contributed by atoms with Gasteiger partial charge in [-0.2, -0.15) is 0 Å². The average molecular weight is 363 g/mol. The molecule has 0 saturated heterocycles. The van der Waals surface area contributed by atoms with Crippen LogP contribution in [0, 0.1) is 11.6 Å². The van der Waals surface area contributed by atoms with Crippen LogP contribution in [0.25, 0.3) is 0 Å². The Morgan fingerprint density at radius 1 is 1.40 bits per heavy atom. The second kappa shape index (κ2) is 6.69. The van der Waals surface area contributed by atoms with E-state index in [9.17, 15) is 13.9 Å². The topological polar surface area (TPSA) is 46.0 Å². The molecule has 0 aliphatic rings. The van der Waals surface area contributed by atoms with Crippen LogP contribution in [0.3, 0.4) is 0 Å². The van der Waals surface area contributed by atoms with Gasteiger partial charge in [0.1, 0.15) is 11.6 Å². The highest BCUT2D eigenvalue weighted by Crippen LogP contribution is 2.29. The van der Waals surface area contributed by atoms with Crippen LogP contribution < -0.4 is 0 Å². The van der Waals surface area contributed by atoms with Crippen molar-refractivity contribution in [3.05, 3.63) is 44.4 Å². The molecule has 2 rings (SSSR count). The quantitative estimate of drug-likeness (QED) is 0.822. The van der Waals surface area contributed by atoms with Crippen molar-refractivity contribution >= 4 is 27.5 Å². The molecule has 0 bridgehead atoms. The molecule has 0 amide bonds. The summed E-state index contributed by atoms with van der Waals surface area (Å²) in [6.07, 6.45) is 0.407. The van der Waals surface area contributed by atoms with Crippen molar-refractivity contribution in [3.63, 3.8) is 0 Å². The highest BCUT2D eigenvalue weighted by molar-refractivity contribution is 9.10. The van der Waals surface area contributed by atoms with Gasteiger partial charge in [0.25, 0.3) is 0 Å². The van der Waals surface area contributed by atoms with Crippen molar-refractivity contribution in [2.24, 2.45) is 0 Å². The standard InChI is InChI=1S/C13H13BrF2N2OS/c1-2-3-10-13(20-18-17-10)11(19)6-7-9(15)5-4-8(14)12(7)16/h4-5,11,19H,2-3,6H2,1H3. The predicted molar refractivity (Wildman–Crippen MR) is 76.6 cm³/mol. The van der Waals surface area contributed by atoms with Crippen LogP contribution >= 0.6 is 27.5 Å². The molecule has 0 saturated carbocycles. The van der Waals surface area contributed by atoms with Crippen LogP contribution in [0.4, 0.5) is 8.78 Å². The zero-order chi connectivity index (χ0) is 14.7. The molecule has 1 heterocycles. The molecular formula is C13H13BrF2N2OS. The molecule has 1 aromatic heterocycles. The van der Waals surface area contributed by atoms with Crippen molar-refractivity contribution in [1.29, 1.82) is 0 Å². The van der Waals surface area contributed by atoms with Crippen molar-refractivity contribution in [3.8, 4) is 0 Å². The van der Waals surface area contributed by atoms with Gasteiger partial charge in [-0.3, -0.25) is 0 Å². The number of nitrogens with zero attached hydrogens (tertiary/aromatic N) is 2. The van der Waals surface area contributed by atoms with Crippen LogP contribution in [0.1, 0.15) is 35.6 Å². The molecule has 0 spiro atoms. The Morgan fingerprint density at radius 2 is 2.15 bits per heavy atom. The van der Waals surface area contributed by atoms with E-state index < -0.39 is 17.7 Å². The van der Waals surface area contributed by atoms with E-state index in [2.05, 4.69) is 25.5 Å². The van der Waals surface area contributed by atoms with E-state index in [0.29, 0.717) is 17.0 Å². The first-order valence-electron chi connectivity index (χ1n) is 6.16. The maximum atomic E-state index is 13.9. The van der Waals surface area contributed by atoms with Gasteiger partial charge in [-0.05, 0) is 46.0 Å². The largest absolute Gasteiger partial charge is 0.387 e. The fourth-order valence-electron chi connectivity index (χ4n) is 1.92. The number of aliphatic hydroxyl groups excluding tert-OH is 1. The number of benzene rings is 1. The lowest BCUT2D eigenvalue weighted by Gasteiger charge is -2.12. The van der Waals surface area contributed by atoms with Crippen molar-refractivity contribution in [2.75, 3.05) is 0 Å². The summed E-state index contributed by atoms with van der Waals surface area (Å²) in [4.78, 5) is 0.575. The van der Waals surface area contributed by atoms with Gasteiger partial charge in [-0.1, -0.05) is 17.8 Å². The SMILES string of the molecule is CCCc1nnsc1C(O)Cc1c(F)ccc(Br)c1F. The maximum absolute atomic E-state index is 13.9. The van der Waals surface area contributed by atoms with E-state index in [-0.39, 0.29) is 16.5 Å². The van der Waals surface area contributed by atoms with E-state index in [0.717, 1.165) is 18.0 Å². The van der Waals surface area contributed by atoms with Crippen LogP contribution in [0.2, 0.25) is 0 Å². The van der Waals surface area contributed by atoms with Crippen molar-refractivity contribution in [1.82, 2.24) is 9.59 Å². The molecule has 0 radical (unpaired) electrons. The molecular weight excluding hydrogens is 350 g/mol. The summed E-state index contributed by atoms with van der Waals surface area (Å²) in [7, 11) is 0. The van der Waals surface area contributed by atoms with E-state index in [1.54, 1.807) is 0 Å². The number of hydrogen-bond acceptors (Lipinski definition) is 4. The van der Waals surface area contributed by atoms with Crippen molar-refractivity contribution in [2.45, 2.75) is 32.3 Å². The van der Waals surface area contributed by atoms with Crippen LogP contribution in [-0.2, 0) is 12.8 Å². The summed E-state index contributed by atoms with van der Waals surface area (Å²) in [6.45, 7) is 1.99. The summed E-state index contributed by atoms with van der Waals surface area (Å²) in [5, 5.41) is 14.1. The third kappa shape index (κ3) is 3.21. The molecule has 1 unspecified atom stereocenters. The van der Waals surface area contributed by atoms with Gasteiger partial charge in [-0.25, -0.2) is 8.78 Å². The van der Waals surface area contributed by atoms with E-state index in [4.69, 9.17) is 0 Å². The minimum absolute atomic E-state index is 0.136. The lowest BCUT2D eigenvalue weighted by atomic mass is 10.0. The molecule has 7 heteroatoms. The summed E-state index contributed by atoms with van der Waals surface area (Å²) >= 11 is 4.08. The highest BCUT2D eigenvalue weighted by atomic mass is 79.9. The fourth-order valence-corrected chi connectivity index (χ4v) is 2.97. The number of aryl methyl sites for hydroxylation is 1. The van der Waals surface area contributed by atoms with Gasteiger partial charge >= 0.3 is 0 Å². The summed E-state index contributed by atoms with van der Waals surface area (Å²) in [5.41, 5.74) is 0.559. The van der Waals surface area contributed by atoms with Gasteiger partial charge in [0.2, 0.25) is 0 Å². The van der Waals surface area contributed by atoms with Gasteiger partial charge in [-0.15, -0.1) is 5.10 Å². The van der Waals surface area contributed by atoms with Gasteiger partial charge in [0.05, 0.1) is 21.1 Å². The molecule has 3 nitrogen and oxygen atoms in total. The molecule has 1 N–H and O–H groups in total.